The van der Waals surface area contributed by atoms with E-state index >= 15 is 0 Å². The number of hydrogen-bond acceptors (Lipinski definition) is 5. The van der Waals surface area contributed by atoms with Gasteiger partial charge in [0.1, 0.15) is 11.4 Å². The van der Waals surface area contributed by atoms with E-state index in [4.69, 9.17) is 9.47 Å². The molecule has 8 heteroatoms. The van der Waals surface area contributed by atoms with Crippen LogP contribution in [0.3, 0.4) is 0 Å². The summed E-state index contributed by atoms with van der Waals surface area (Å²) in [5.41, 5.74) is 0.353. The number of methoxy groups -OCH3 is 1. The quantitative estimate of drug-likeness (QED) is 0.562. The standard InChI is InChI=1S/C19H29N3O5/c1-19(2,3)27-18(25)22-13-17(24)21-12-11-20-16(23)10-9-14-7-5-6-8-15(14)26-4/h5-8H,9-13H2,1-4H3,(H,20,23)(H,21,24)(H,22,25). The third kappa shape index (κ3) is 10.1. The van der Waals surface area contributed by atoms with Crippen molar-refractivity contribution in [2.45, 2.75) is 39.2 Å². The van der Waals surface area contributed by atoms with Crippen molar-refractivity contribution in [3.63, 3.8) is 0 Å². The molecule has 0 radical (unpaired) electrons. The number of nitrogens with one attached hydrogen (secondary N) is 3. The van der Waals surface area contributed by atoms with Crippen LogP contribution in [-0.4, -0.2) is 50.3 Å². The van der Waals surface area contributed by atoms with Crippen molar-refractivity contribution in [1.29, 1.82) is 0 Å². The first kappa shape index (κ1) is 22.3. The van der Waals surface area contributed by atoms with Crippen LogP contribution >= 0.6 is 0 Å². The van der Waals surface area contributed by atoms with Gasteiger partial charge in [0, 0.05) is 19.5 Å². The topological polar surface area (TPSA) is 106 Å². The lowest BCUT2D eigenvalue weighted by Crippen LogP contribution is -2.42. The van der Waals surface area contributed by atoms with Crippen LogP contribution in [0.15, 0.2) is 24.3 Å². The Balaban J connectivity index is 2.15. The number of ether oxygens (including phenoxy) is 2. The number of hydrogen-bond donors (Lipinski definition) is 3. The van der Waals surface area contributed by atoms with Gasteiger partial charge in [-0.15, -0.1) is 0 Å². The number of amides is 3. The minimum atomic E-state index is -0.651. The second kappa shape index (κ2) is 11.1. The Labute approximate surface area is 160 Å². The molecular weight excluding hydrogens is 350 g/mol. The largest absolute Gasteiger partial charge is 0.496 e. The van der Waals surface area contributed by atoms with Gasteiger partial charge in [0.15, 0.2) is 0 Å². The molecule has 0 aliphatic heterocycles. The molecular formula is C19H29N3O5. The maximum absolute atomic E-state index is 11.9. The first-order valence-corrected chi connectivity index (χ1v) is 8.83. The van der Waals surface area contributed by atoms with E-state index in [2.05, 4.69) is 16.0 Å². The van der Waals surface area contributed by atoms with Crippen molar-refractivity contribution in [2.75, 3.05) is 26.7 Å². The Morgan fingerprint density at radius 2 is 1.59 bits per heavy atom. The molecule has 0 spiro atoms. The predicted octanol–water partition coefficient (Wildman–Crippen LogP) is 1.38. The highest BCUT2D eigenvalue weighted by Gasteiger charge is 2.16. The highest BCUT2D eigenvalue weighted by atomic mass is 16.6. The summed E-state index contributed by atoms with van der Waals surface area (Å²) < 4.78 is 10.3. The zero-order valence-electron chi connectivity index (χ0n) is 16.4. The number of rotatable bonds is 9. The van der Waals surface area contributed by atoms with Crippen LogP contribution in [0.4, 0.5) is 4.79 Å². The maximum atomic E-state index is 11.9. The van der Waals surface area contributed by atoms with Gasteiger partial charge in [-0.25, -0.2) is 4.79 Å². The van der Waals surface area contributed by atoms with Crippen LogP contribution in [0.2, 0.25) is 0 Å². The molecule has 1 aromatic carbocycles. The fourth-order valence-electron chi connectivity index (χ4n) is 2.18. The summed E-state index contributed by atoms with van der Waals surface area (Å²) in [4.78, 5) is 34.9. The first-order valence-electron chi connectivity index (χ1n) is 8.83. The Bertz CT molecular complexity index is 640. The van der Waals surface area contributed by atoms with Crippen LogP contribution in [0, 0.1) is 0 Å². The van der Waals surface area contributed by atoms with Gasteiger partial charge in [0.25, 0.3) is 0 Å². The number of carbonyl (C=O) groups is 3. The zero-order chi connectivity index (χ0) is 20.3. The third-order valence-corrected chi connectivity index (χ3v) is 3.38. The van der Waals surface area contributed by atoms with Gasteiger partial charge in [-0.1, -0.05) is 18.2 Å². The minimum Gasteiger partial charge on any atom is -0.496 e. The molecule has 8 nitrogen and oxygen atoms in total. The SMILES string of the molecule is COc1ccccc1CCC(=O)NCCNC(=O)CNC(=O)OC(C)(C)C. The summed E-state index contributed by atoms with van der Waals surface area (Å²) in [7, 11) is 1.60. The first-order chi connectivity index (χ1) is 12.7. The van der Waals surface area contributed by atoms with Crippen molar-refractivity contribution in [2.24, 2.45) is 0 Å². The summed E-state index contributed by atoms with van der Waals surface area (Å²) in [5, 5.41) is 7.71. The van der Waals surface area contributed by atoms with Crippen LogP contribution in [0.1, 0.15) is 32.8 Å². The van der Waals surface area contributed by atoms with E-state index in [9.17, 15) is 14.4 Å². The Morgan fingerprint density at radius 1 is 0.963 bits per heavy atom. The van der Waals surface area contributed by atoms with Gasteiger partial charge in [0.2, 0.25) is 11.8 Å². The summed E-state index contributed by atoms with van der Waals surface area (Å²) in [6, 6.07) is 7.55. The number of alkyl carbamates (subject to hydrolysis) is 1. The fraction of sp³-hybridized carbons (Fsp3) is 0.526. The summed E-state index contributed by atoms with van der Waals surface area (Å²) in [6.45, 7) is 5.62. The lowest BCUT2D eigenvalue weighted by Gasteiger charge is -2.19. The van der Waals surface area contributed by atoms with Gasteiger partial charge in [0.05, 0.1) is 13.7 Å². The van der Waals surface area contributed by atoms with E-state index in [1.807, 2.05) is 24.3 Å². The molecule has 27 heavy (non-hydrogen) atoms. The molecule has 0 fully saturated rings. The van der Waals surface area contributed by atoms with E-state index in [-0.39, 0.29) is 24.9 Å². The molecule has 150 valence electrons. The average molecular weight is 379 g/mol. The molecule has 0 aliphatic carbocycles. The van der Waals surface area contributed by atoms with Crippen LogP contribution in [-0.2, 0) is 20.7 Å². The molecule has 3 amide bonds. The molecule has 1 aromatic rings. The van der Waals surface area contributed by atoms with Crippen LogP contribution in [0.25, 0.3) is 0 Å². The van der Waals surface area contributed by atoms with Gasteiger partial charge in [-0.05, 0) is 38.8 Å². The van der Waals surface area contributed by atoms with Crippen molar-refractivity contribution in [3.8, 4) is 5.75 Å². The van der Waals surface area contributed by atoms with Gasteiger partial charge >= 0.3 is 6.09 Å². The van der Waals surface area contributed by atoms with Crippen molar-refractivity contribution in [3.05, 3.63) is 29.8 Å². The number of aryl methyl sites for hydroxylation is 1. The lowest BCUT2D eigenvalue weighted by molar-refractivity contribution is -0.122. The molecule has 0 bridgehead atoms. The highest BCUT2D eigenvalue weighted by molar-refractivity contribution is 5.82. The predicted molar refractivity (Wildman–Crippen MR) is 102 cm³/mol. The Kier molecular flexibility index (Phi) is 9.12. The monoisotopic (exact) mass is 379 g/mol. The number of para-hydroxylation sites is 1. The molecule has 0 aromatic heterocycles. The molecule has 1 rings (SSSR count). The molecule has 3 N–H and O–H groups in total. The van der Waals surface area contributed by atoms with Crippen molar-refractivity contribution in [1.82, 2.24) is 16.0 Å². The van der Waals surface area contributed by atoms with Gasteiger partial charge < -0.3 is 25.4 Å². The van der Waals surface area contributed by atoms with E-state index in [1.165, 1.54) is 0 Å². The molecule has 0 heterocycles. The smallest absolute Gasteiger partial charge is 0.408 e. The fourth-order valence-corrected chi connectivity index (χ4v) is 2.18. The van der Waals surface area contributed by atoms with Crippen LogP contribution < -0.4 is 20.7 Å². The molecule has 0 saturated heterocycles. The molecule has 0 saturated carbocycles. The van der Waals surface area contributed by atoms with Crippen LogP contribution in [0.5, 0.6) is 5.75 Å². The lowest BCUT2D eigenvalue weighted by atomic mass is 10.1. The summed E-state index contributed by atoms with van der Waals surface area (Å²) >= 11 is 0. The second-order valence-corrected chi connectivity index (χ2v) is 6.87. The number of benzene rings is 1. The maximum Gasteiger partial charge on any atom is 0.408 e. The van der Waals surface area contributed by atoms with Gasteiger partial charge in [-0.2, -0.15) is 0 Å². The summed E-state index contributed by atoms with van der Waals surface area (Å²) in [6.07, 6.45) is 0.249. The van der Waals surface area contributed by atoms with E-state index in [0.717, 1.165) is 11.3 Å². The highest BCUT2D eigenvalue weighted by Crippen LogP contribution is 2.18. The Morgan fingerprint density at radius 3 is 2.22 bits per heavy atom. The average Bonchev–Trinajstić information content (AvgIpc) is 2.60. The number of carbonyl (C=O) groups excluding carboxylic acids is 3. The van der Waals surface area contributed by atoms with E-state index < -0.39 is 11.7 Å². The molecule has 0 aliphatic rings. The van der Waals surface area contributed by atoms with E-state index in [1.54, 1.807) is 27.9 Å². The van der Waals surface area contributed by atoms with Crippen molar-refractivity contribution < 1.29 is 23.9 Å². The minimum absolute atomic E-state index is 0.109. The summed E-state index contributed by atoms with van der Waals surface area (Å²) in [5.74, 6) is 0.293. The van der Waals surface area contributed by atoms with Gasteiger partial charge in [-0.3, -0.25) is 9.59 Å². The third-order valence-electron chi connectivity index (χ3n) is 3.38. The normalized spacial score (nSPS) is 10.7. The molecule has 0 unspecified atom stereocenters. The molecule has 0 atom stereocenters. The van der Waals surface area contributed by atoms with Crippen molar-refractivity contribution >= 4 is 17.9 Å². The Hall–Kier alpha value is -2.77. The zero-order valence-corrected chi connectivity index (χ0v) is 16.4. The van der Waals surface area contributed by atoms with E-state index in [0.29, 0.717) is 19.4 Å². The second-order valence-electron chi connectivity index (χ2n) is 6.87.